The second-order valence-corrected chi connectivity index (χ2v) is 6.85. The highest BCUT2D eigenvalue weighted by Gasteiger charge is 2.26. The highest BCUT2D eigenvalue weighted by atomic mass is 15.3. The molecule has 0 spiro atoms. The number of para-hydroxylation sites is 1. The first-order valence-corrected chi connectivity index (χ1v) is 8.87. The molecule has 1 saturated heterocycles. The van der Waals surface area contributed by atoms with Gasteiger partial charge in [-0.15, -0.1) is 10.2 Å². The van der Waals surface area contributed by atoms with Crippen LogP contribution in [0.2, 0.25) is 0 Å². The Labute approximate surface area is 148 Å². The average Bonchev–Trinajstić information content (AvgIpc) is 3.25. The Kier molecular flexibility index (Phi) is 4.36. The standard InChI is InChI=1S/C19H24N6/c1-15-17(11-21-23(15)2)13-24-10-6-7-16(12-24)19-22-20-14-25(19)18-8-4-3-5-9-18/h3-5,8-9,11,14,16H,6-7,10,12-13H2,1-2H3/t16-/m1/s1. The molecule has 0 saturated carbocycles. The molecule has 1 fully saturated rings. The van der Waals surface area contributed by atoms with Gasteiger partial charge in [-0.25, -0.2) is 0 Å². The lowest BCUT2D eigenvalue weighted by Crippen LogP contribution is -2.35. The SMILES string of the molecule is Cc1c(CN2CCC[C@@H](c3nncn3-c3ccccc3)C2)cnn1C. The molecule has 130 valence electrons. The van der Waals surface area contributed by atoms with Crippen LogP contribution in [0.5, 0.6) is 0 Å². The summed E-state index contributed by atoms with van der Waals surface area (Å²) in [6, 6.07) is 10.3. The third-order valence-electron chi connectivity index (χ3n) is 5.21. The van der Waals surface area contributed by atoms with Gasteiger partial charge in [-0.3, -0.25) is 14.1 Å². The highest BCUT2D eigenvalue weighted by molar-refractivity contribution is 5.32. The van der Waals surface area contributed by atoms with Gasteiger partial charge in [0.05, 0.1) is 6.20 Å². The molecule has 6 nitrogen and oxygen atoms in total. The van der Waals surface area contributed by atoms with Crippen molar-refractivity contribution in [3.63, 3.8) is 0 Å². The zero-order valence-corrected chi connectivity index (χ0v) is 14.8. The van der Waals surface area contributed by atoms with Crippen molar-refractivity contribution >= 4 is 0 Å². The minimum atomic E-state index is 0.411. The Balaban J connectivity index is 1.52. The molecule has 0 N–H and O–H groups in total. The Morgan fingerprint density at radius 3 is 2.80 bits per heavy atom. The van der Waals surface area contributed by atoms with Gasteiger partial charge in [0.1, 0.15) is 12.2 Å². The van der Waals surface area contributed by atoms with Gasteiger partial charge >= 0.3 is 0 Å². The zero-order chi connectivity index (χ0) is 17.2. The van der Waals surface area contributed by atoms with Crippen molar-refractivity contribution in [3.05, 3.63) is 59.9 Å². The van der Waals surface area contributed by atoms with Gasteiger partial charge in [0.15, 0.2) is 0 Å². The molecule has 0 amide bonds. The summed E-state index contributed by atoms with van der Waals surface area (Å²) in [6.45, 7) is 5.23. The van der Waals surface area contributed by atoms with Crippen molar-refractivity contribution in [1.82, 2.24) is 29.4 Å². The van der Waals surface area contributed by atoms with Gasteiger partial charge < -0.3 is 0 Å². The minimum Gasteiger partial charge on any atom is -0.298 e. The lowest BCUT2D eigenvalue weighted by molar-refractivity contribution is 0.195. The fourth-order valence-corrected chi connectivity index (χ4v) is 3.66. The number of hydrogen-bond acceptors (Lipinski definition) is 4. The van der Waals surface area contributed by atoms with E-state index in [4.69, 9.17) is 0 Å². The van der Waals surface area contributed by atoms with Gasteiger partial charge in [0.25, 0.3) is 0 Å². The number of rotatable bonds is 4. The van der Waals surface area contributed by atoms with E-state index < -0.39 is 0 Å². The first-order valence-electron chi connectivity index (χ1n) is 8.87. The minimum absolute atomic E-state index is 0.411. The highest BCUT2D eigenvalue weighted by Crippen LogP contribution is 2.28. The van der Waals surface area contributed by atoms with Crippen LogP contribution in [-0.4, -0.2) is 42.5 Å². The monoisotopic (exact) mass is 336 g/mol. The van der Waals surface area contributed by atoms with Gasteiger partial charge in [0.2, 0.25) is 0 Å². The maximum atomic E-state index is 4.45. The van der Waals surface area contributed by atoms with E-state index in [1.165, 1.54) is 17.7 Å². The fourth-order valence-electron chi connectivity index (χ4n) is 3.66. The Morgan fingerprint density at radius 2 is 2.04 bits per heavy atom. The molecule has 25 heavy (non-hydrogen) atoms. The number of piperidine rings is 1. The summed E-state index contributed by atoms with van der Waals surface area (Å²) >= 11 is 0. The molecule has 3 aromatic rings. The molecule has 0 aliphatic carbocycles. The third-order valence-corrected chi connectivity index (χ3v) is 5.21. The molecule has 1 aliphatic heterocycles. The van der Waals surface area contributed by atoms with Crippen LogP contribution in [0.1, 0.15) is 35.8 Å². The topological polar surface area (TPSA) is 51.8 Å². The molecular formula is C19H24N6. The Morgan fingerprint density at radius 1 is 1.20 bits per heavy atom. The van der Waals surface area contributed by atoms with E-state index in [-0.39, 0.29) is 0 Å². The summed E-state index contributed by atoms with van der Waals surface area (Å²) in [5, 5.41) is 13.0. The van der Waals surface area contributed by atoms with Crippen LogP contribution >= 0.6 is 0 Å². The molecular weight excluding hydrogens is 312 g/mol. The summed E-state index contributed by atoms with van der Waals surface area (Å²) in [7, 11) is 2.00. The smallest absolute Gasteiger partial charge is 0.141 e. The van der Waals surface area contributed by atoms with E-state index in [1.807, 2.05) is 30.3 Å². The summed E-state index contributed by atoms with van der Waals surface area (Å²) in [5.74, 6) is 1.48. The first kappa shape index (κ1) is 16.0. The molecule has 2 aromatic heterocycles. The van der Waals surface area contributed by atoms with E-state index in [0.29, 0.717) is 5.92 Å². The normalized spacial score (nSPS) is 18.6. The van der Waals surface area contributed by atoms with Crippen LogP contribution in [0.4, 0.5) is 0 Å². The molecule has 0 radical (unpaired) electrons. The number of benzene rings is 1. The number of nitrogens with zero attached hydrogens (tertiary/aromatic N) is 6. The van der Waals surface area contributed by atoms with Crippen LogP contribution in [0.3, 0.4) is 0 Å². The Bertz CT molecular complexity index is 835. The quantitative estimate of drug-likeness (QED) is 0.735. The van der Waals surface area contributed by atoms with Gasteiger partial charge in [-0.1, -0.05) is 18.2 Å². The molecule has 0 bridgehead atoms. The van der Waals surface area contributed by atoms with Crippen molar-refractivity contribution < 1.29 is 0 Å². The number of aryl methyl sites for hydroxylation is 1. The Hall–Kier alpha value is -2.47. The van der Waals surface area contributed by atoms with Crippen LogP contribution in [0, 0.1) is 6.92 Å². The van der Waals surface area contributed by atoms with Crippen molar-refractivity contribution in [2.24, 2.45) is 7.05 Å². The third kappa shape index (κ3) is 3.22. The van der Waals surface area contributed by atoms with E-state index in [9.17, 15) is 0 Å². The maximum Gasteiger partial charge on any atom is 0.141 e. The summed E-state index contributed by atoms with van der Waals surface area (Å²) in [5.41, 5.74) is 3.69. The van der Waals surface area contributed by atoms with Crippen LogP contribution < -0.4 is 0 Å². The van der Waals surface area contributed by atoms with Gasteiger partial charge in [0, 0.05) is 43.0 Å². The van der Waals surface area contributed by atoms with E-state index in [1.54, 1.807) is 0 Å². The molecule has 1 aliphatic rings. The van der Waals surface area contributed by atoms with E-state index in [0.717, 1.165) is 37.6 Å². The van der Waals surface area contributed by atoms with Crippen molar-refractivity contribution in [2.75, 3.05) is 13.1 Å². The summed E-state index contributed by atoms with van der Waals surface area (Å²) in [6.07, 6.45) is 6.17. The van der Waals surface area contributed by atoms with Crippen molar-refractivity contribution in [1.29, 1.82) is 0 Å². The van der Waals surface area contributed by atoms with Crippen LogP contribution in [-0.2, 0) is 13.6 Å². The lowest BCUT2D eigenvalue weighted by Gasteiger charge is -2.32. The second kappa shape index (κ2) is 6.80. The van der Waals surface area contributed by atoms with Crippen LogP contribution in [0.25, 0.3) is 5.69 Å². The maximum absolute atomic E-state index is 4.45. The molecule has 0 unspecified atom stereocenters. The second-order valence-electron chi connectivity index (χ2n) is 6.85. The zero-order valence-electron chi connectivity index (χ0n) is 14.8. The molecule has 3 heterocycles. The summed E-state index contributed by atoms with van der Waals surface area (Å²) < 4.78 is 4.08. The first-order chi connectivity index (χ1) is 12.2. The molecule has 1 aromatic carbocycles. The summed E-state index contributed by atoms with van der Waals surface area (Å²) in [4.78, 5) is 2.52. The van der Waals surface area contributed by atoms with Gasteiger partial charge in [-0.2, -0.15) is 5.10 Å². The van der Waals surface area contributed by atoms with Crippen molar-refractivity contribution in [2.45, 2.75) is 32.2 Å². The van der Waals surface area contributed by atoms with E-state index in [2.05, 4.69) is 56.0 Å². The average molecular weight is 336 g/mol. The van der Waals surface area contributed by atoms with Crippen molar-refractivity contribution in [3.8, 4) is 5.69 Å². The number of aromatic nitrogens is 5. The predicted molar refractivity (Wildman–Crippen MR) is 96.6 cm³/mol. The molecule has 4 rings (SSSR count). The fraction of sp³-hybridized carbons (Fsp3) is 0.421. The molecule has 6 heteroatoms. The van der Waals surface area contributed by atoms with Crippen LogP contribution in [0.15, 0.2) is 42.9 Å². The number of likely N-dealkylation sites (tertiary alicyclic amines) is 1. The largest absolute Gasteiger partial charge is 0.298 e. The lowest BCUT2D eigenvalue weighted by atomic mass is 9.96. The number of hydrogen-bond donors (Lipinski definition) is 0. The van der Waals surface area contributed by atoms with E-state index >= 15 is 0 Å². The predicted octanol–water partition coefficient (Wildman–Crippen LogP) is 2.69. The molecule has 1 atom stereocenters. The van der Waals surface area contributed by atoms with Gasteiger partial charge in [-0.05, 0) is 38.4 Å².